The predicted molar refractivity (Wildman–Crippen MR) is 181 cm³/mol. The van der Waals surface area contributed by atoms with Gasteiger partial charge < -0.3 is 30.1 Å². The first-order valence-corrected chi connectivity index (χ1v) is 17.0. The number of aliphatic carboxylic acids is 1. The molecule has 1 aromatic carbocycles. The maximum atomic E-state index is 12.9. The molecule has 244 valence electrons. The van der Waals surface area contributed by atoms with Gasteiger partial charge in [-0.3, -0.25) is 9.59 Å². The maximum absolute atomic E-state index is 12.9. The highest BCUT2D eigenvalue weighted by Crippen LogP contribution is 2.32. The summed E-state index contributed by atoms with van der Waals surface area (Å²) in [6.45, 7) is 17.1. The summed E-state index contributed by atoms with van der Waals surface area (Å²) < 4.78 is 10.6. The Hall–Kier alpha value is -3.18. The molecule has 0 saturated heterocycles. The fraction of sp³-hybridized carbons (Fsp3) is 0.531. The van der Waals surface area contributed by atoms with E-state index >= 15 is 0 Å². The molecule has 0 aliphatic carbocycles. The molecule has 2 aromatic rings. The van der Waals surface area contributed by atoms with Crippen LogP contribution >= 0.6 is 23.1 Å². The summed E-state index contributed by atoms with van der Waals surface area (Å²) in [6, 6.07) is 9.11. The van der Waals surface area contributed by atoms with Gasteiger partial charge in [-0.15, -0.1) is 23.1 Å². The van der Waals surface area contributed by atoms with E-state index in [1.807, 2.05) is 69.7 Å². The summed E-state index contributed by atoms with van der Waals surface area (Å²) in [5.41, 5.74) is 0.888. The summed E-state index contributed by atoms with van der Waals surface area (Å²) in [5, 5.41) is 14.9. The number of ether oxygens (including phenoxy) is 2. The van der Waals surface area contributed by atoms with Crippen molar-refractivity contribution in [2.45, 2.75) is 87.7 Å². The third kappa shape index (κ3) is 20.4. The molecule has 3 amide bonds. The van der Waals surface area contributed by atoms with Crippen LogP contribution in [0.5, 0.6) is 11.5 Å². The number of carboxylic acid groups (broad SMARTS) is 1. The molecule has 3 rings (SSSR count). The number of urea groups is 1. The lowest BCUT2D eigenvalue weighted by Crippen LogP contribution is -2.43. The van der Waals surface area contributed by atoms with Crippen molar-refractivity contribution in [2.75, 3.05) is 26.1 Å². The van der Waals surface area contributed by atoms with Crippen LogP contribution in [0.25, 0.3) is 0 Å². The van der Waals surface area contributed by atoms with Gasteiger partial charge in [0.1, 0.15) is 0 Å². The second-order valence-corrected chi connectivity index (χ2v) is 10.3. The van der Waals surface area contributed by atoms with Crippen LogP contribution in [0.1, 0.15) is 85.1 Å². The van der Waals surface area contributed by atoms with Crippen LogP contribution in [0, 0.1) is 0 Å². The number of rotatable bonds is 11. The zero-order valence-electron chi connectivity index (χ0n) is 27.5. The molecule has 0 bridgehead atoms. The van der Waals surface area contributed by atoms with E-state index in [0.717, 1.165) is 28.7 Å². The van der Waals surface area contributed by atoms with Gasteiger partial charge in [0, 0.05) is 18.3 Å². The van der Waals surface area contributed by atoms with E-state index in [4.69, 9.17) is 19.4 Å². The molecule has 9 nitrogen and oxygen atoms in total. The number of hydrogen-bond acceptors (Lipinski definition) is 7. The van der Waals surface area contributed by atoms with E-state index in [1.165, 1.54) is 12.8 Å². The van der Waals surface area contributed by atoms with Crippen LogP contribution < -0.4 is 20.1 Å². The van der Waals surface area contributed by atoms with Crippen molar-refractivity contribution >= 4 is 41.0 Å². The molecule has 2 heterocycles. The number of allylic oxidation sites excluding steroid dienone is 1. The Morgan fingerprint density at radius 3 is 2.19 bits per heavy atom. The molecule has 0 unspecified atom stereocenters. The van der Waals surface area contributed by atoms with Crippen LogP contribution in [-0.4, -0.2) is 54.1 Å². The number of nitrogens with one attached hydrogen (secondary N) is 2. The number of carboxylic acids is 1. The number of hydrogen-bond donors (Lipinski definition) is 3. The molecule has 0 fully saturated rings. The monoisotopic (exact) mass is 639 g/mol. The number of benzene rings is 1. The Labute approximate surface area is 267 Å². The van der Waals surface area contributed by atoms with Gasteiger partial charge in [0.15, 0.2) is 11.5 Å². The number of thiophene rings is 1. The Balaban J connectivity index is 0. The van der Waals surface area contributed by atoms with E-state index in [0.29, 0.717) is 31.1 Å². The normalized spacial score (nSPS) is 10.6. The van der Waals surface area contributed by atoms with Crippen LogP contribution in [0.2, 0.25) is 0 Å². The van der Waals surface area contributed by atoms with Gasteiger partial charge in [0.25, 0.3) is 5.97 Å². The first-order valence-electron chi connectivity index (χ1n) is 14.9. The summed E-state index contributed by atoms with van der Waals surface area (Å²) >= 11 is 3.26. The molecule has 0 spiro atoms. The molecule has 0 radical (unpaired) electrons. The quantitative estimate of drug-likeness (QED) is 0.229. The van der Waals surface area contributed by atoms with Crippen LogP contribution in [0.3, 0.4) is 0 Å². The summed E-state index contributed by atoms with van der Waals surface area (Å²) in [7, 11) is 0. The Bertz CT molecular complexity index is 1040. The van der Waals surface area contributed by atoms with Gasteiger partial charge in [0.05, 0.1) is 19.6 Å². The minimum absolute atomic E-state index is 0.0634. The van der Waals surface area contributed by atoms with E-state index < -0.39 is 12.0 Å². The van der Waals surface area contributed by atoms with Crippen molar-refractivity contribution in [2.24, 2.45) is 0 Å². The fourth-order valence-electron chi connectivity index (χ4n) is 3.01. The van der Waals surface area contributed by atoms with Gasteiger partial charge in [0.2, 0.25) is 12.7 Å². The highest BCUT2D eigenvalue weighted by atomic mass is 32.2. The molecule has 3 N–H and O–H groups in total. The lowest BCUT2D eigenvalue weighted by atomic mass is 10.2. The maximum Gasteiger partial charge on any atom is 0.315 e. The highest BCUT2D eigenvalue weighted by molar-refractivity contribution is 8.02. The largest absolute Gasteiger partial charge is 0.481 e. The van der Waals surface area contributed by atoms with E-state index in [9.17, 15) is 9.59 Å². The number of unbranched alkanes of at least 4 members (excludes halogenated alkanes) is 1. The smallest absolute Gasteiger partial charge is 0.315 e. The minimum atomic E-state index is -0.833. The van der Waals surface area contributed by atoms with Gasteiger partial charge in [-0.05, 0) is 46.7 Å². The summed E-state index contributed by atoms with van der Waals surface area (Å²) in [4.78, 5) is 38.1. The van der Waals surface area contributed by atoms with Crippen molar-refractivity contribution in [1.82, 2.24) is 15.5 Å². The van der Waals surface area contributed by atoms with Gasteiger partial charge in [-0.2, -0.15) is 0 Å². The minimum Gasteiger partial charge on any atom is -0.481 e. The van der Waals surface area contributed by atoms with Crippen molar-refractivity contribution < 1.29 is 29.0 Å². The predicted octanol–water partition coefficient (Wildman–Crippen LogP) is 7.91. The zero-order chi connectivity index (χ0) is 33.0. The van der Waals surface area contributed by atoms with Crippen LogP contribution in [0.4, 0.5) is 4.79 Å². The highest BCUT2D eigenvalue weighted by Gasteiger charge is 2.17. The van der Waals surface area contributed by atoms with Crippen LogP contribution in [0.15, 0.2) is 46.7 Å². The molecule has 43 heavy (non-hydrogen) atoms. The van der Waals surface area contributed by atoms with E-state index in [-0.39, 0.29) is 19.2 Å². The molecule has 1 aliphatic rings. The summed E-state index contributed by atoms with van der Waals surface area (Å²) in [6.07, 6.45) is 7.69. The molecule has 0 atom stereocenters. The van der Waals surface area contributed by atoms with Crippen LogP contribution in [-0.2, 0) is 22.7 Å². The Morgan fingerprint density at radius 2 is 1.65 bits per heavy atom. The van der Waals surface area contributed by atoms with E-state index in [2.05, 4.69) is 37.5 Å². The van der Waals surface area contributed by atoms with Gasteiger partial charge in [-0.1, -0.05) is 79.5 Å². The second kappa shape index (κ2) is 27.6. The molecule has 1 aromatic heterocycles. The number of amides is 3. The lowest BCUT2D eigenvalue weighted by Gasteiger charge is -2.23. The number of nitrogens with zero attached hydrogens (tertiary/aromatic N) is 1. The number of carbonyl (C=O) groups excluding carboxylic acids is 2. The zero-order valence-corrected chi connectivity index (χ0v) is 29.1. The fourth-order valence-corrected chi connectivity index (χ4v) is 4.35. The standard InChI is InChI=1S/C22H27N3O4S2.C4H10.C2H4O2.2C2H6/c1-3-5-17(30-2)13-25(14-18-6-4-9-31-18)21(26)12-24-22(27)23-11-16-7-8-19-20(10-16)29-15-28-19;1-3-4-2;1-2(3)4;2*1-2/h4-10H,3,11-15H2,1-2H3,(H2,23,24,27);3-4H2,1-2H3;1H3,(H,3,4);2*1-2H3/b17-5-;;;;. The Morgan fingerprint density at radius 1 is 1.02 bits per heavy atom. The SMILES string of the molecule is CC.CC.CC(=O)O.CC/C=C(/CN(Cc1cccs1)C(=O)CNC(=O)NCc1ccc2c(c1)OCO2)SC.CCCC. The molecule has 1 aliphatic heterocycles. The average Bonchev–Trinajstić information content (AvgIpc) is 3.72. The first-order chi connectivity index (χ1) is 20.7. The van der Waals surface area contributed by atoms with Crippen molar-refractivity contribution in [3.63, 3.8) is 0 Å². The van der Waals surface area contributed by atoms with Crippen molar-refractivity contribution in [1.29, 1.82) is 0 Å². The topological polar surface area (TPSA) is 117 Å². The van der Waals surface area contributed by atoms with E-state index in [1.54, 1.807) is 28.0 Å². The first kappa shape index (κ1) is 42.0. The third-order valence-electron chi connectivity index (χ3n) is 5.11. The molecular weight excluding hydrogens is 587 g/mol. The second-order valence-electron chi connectivity index (χ2n) is 8.35. The van der Waals surface area contributed by atoms with Gasteiger partial charge in [-0.25, -0.2) is 4.79 Å². The average molecular weight is 640 g/mol. The number of carbonyl (C=O) groups is 3. The third-order valence-corrected chi connectivity index (χ3v) is 6.79. The molecule has 0 saturated carbocycles. The molecule has 11 heteroatoms. The van der Waals surface area contributed by atoms with Crippen molar-refractivity contribution in [3.8, 4) is 11.5 Å². The van der Waals surface area contributed by atoms with Crippen molar-refractivity contribution in [3.05, 3.63) is 57.1 Å². The summed E-state index contributed by atoms with van der Waals surface area (Å²) in [5.74, 6) is 0.415. The molecular formula is C32H53N3O6S2. The van der Waals surface area contributed by atoms with Gasteiger partial charge >= 0.3 is 6.03 Å². The number of fused-ring (bicyclic) bond motifs is 1. The lowest BCUT2D eigenvalue weighted by molar-refractivity contribution is -0.134. The number of thioether (sulfide) groups is 1. The Kier molecular flexibility index (Phi) is 27.0.